The Morgan fingerprint density at radius 3 is 2.79 bits per heavy atom. The van der Waals surface area contributed by atoms with Crippen molar-refractivity contribution in [1.82, 2.24) is 24.7 Å². The van der Waals surface area contributed by atoms with E-state index < -0.39 is 0 Å². The maximum atomic E-state index is 4.77. The molecule has 5 rings (SSSR count). The van der Waals surface area contributed by atoms with Gasteiger partial charge < -0.3 is 5.32 Å². The van der Waals surface area contributed by atoms with Crippen molar-refractivity contribution in [1.29, 1.82) is 0 Å². The number of nitrogens with zero attached hydrogens (tertiary/aromatic N) is 5. The van der Waals surface area contributed by atoms with E-state index in [1.807, 2.05) is 28.1 Å². The van der Waals surface area contributed by atoms with Gasteiger partial charge in [0, 0.05) is 36.1 Å². The summed E-state index contributed by atoms with van der Waals surface area (Å²) in [7, 11) is 0. The van der Waals surface area contributed by atoms with Gasteiger partial charge in [0.25, 0.3) is 0 Å². The summed E-state index contributed by atoms with van der Waals surface area (Å²) in [5, 5.41) is 21.1. The SMILES string of the molecule is CC1CC(Nc2ccc3nnc(-c4ccsc4)n3n2)CCN1Cc1ccccc1. The molecule has 0 aliphatic carbocycles. The zero-order valence-corrected chi connectivity index (χ0v) is 17.2. The van der Waals surface area contributed by atoms with Gasteiger partial charge in [0.1, 0.15) is 5.82 Å². The number of nitrogens with one attached hydrogen (secondary N) is 1. The first-order valence-corrected chi connectivity index (χ1v) is 11.0. The van der Waals surface area contributed by atoms with Crippen molar-refractivity contribution in [2.75, 3.05) is 11.9 Å². The van der Waals surface area contributed by atoms with E-state index in [2.05, 4.69) is 63.0 Å². The molecule has 148 valence electrons. The van der Waals surface area contributed by atoms with E-state index in [-0.39, 0.29) is 0 Å². The number of anilines is 1. The maximum Gasteiger partial charge on any atom is 0.186 e. The number of piperidine rings is 1. The van der Waals surface area contributed by atoms with E-state index in [0.717, 1.165) is 48.8 Å². The third-order valence-electron chi connectivity index (χ3n) is 5.64. The molecule has 2 unspecified atom stereocenters. The molecule has 7 heteroatoms. The molecule has 1 aromatic carbocycles. The third kappa shape index (κ3) is 3.88. The lowest BCUT2D eigenvalue weighted by Gasteiger charge is -2.38. The lowest BCUT2D eigenvalue weighted by molar-refractivity contribution is 0.144. The Labute approximate surface area is 174 Å². The zero-order chi connectivity index (χ0) is 19.6. The predicted octanol–water partition coefficient (Wildman–Crippen LogP) is 4.32. The van der Waals surface area contributed by atoms with Crippen molar-refractivity contribution >= 4 is 22.8 Å². The summed E-state index contributed by atoms with van der Waals surface area (Å²) < 4.78 is 1.83. The molecule has 1 saturated heterocycles. The van der Waals surface area contributed by atoms with Gasteiger partial charge in [0.15, 0.2) is 11.5 Å². The van der Waals surface area contributed by atoms with Gasteiger partial charge in [-0.3, -0.25) is 4.90 Å². The second-order valence-electron chi connectivity index (χ2n) is 7.69. The normalized spacial score (nSPS) is 20.2. The summed E-state index contributed by atoms with van der Waals surface area (Å²) in [6.45, 7) is 4.42. The second-order valence-corrected chi connectivity index (χ2v) is 8.47. The summed E-state index contributed by atoms with van der Waals surface area (Å²) >= 11 is 1.65. The molecule has 1 N–H and O–H groups in total. The number of aromatic nitrogens is 4. The van der Waals surface area contributed by atoms with Crippen molar-refractivity contribution in [3.63, 3.8) is 0 Å². The highest BCUT2D eigenvalue weighted by molar-refractivity contribution is 7.08. The summed E-state index contributed by atoms with van der Waals surface area (Å²) in [4.78, 5) is 2.57. The molecule has 0 amide bonds. The number of rotatable bonds is 5. The second kappa shape index (κ2) is 7.93. The number of thiophene rings is 1. The predicted molar refractivity (Wildman–Crippen MR) is 117 cm³/mol. The molecule has 0 saturated carbocycles. The Morgan fingerprint density at radius 1 is 1.10 bits per heavy atom. The Bertz CT molecular complexity index is 1080. The average molecular weight is 405 g/mol. The summed E-state index contributed by atoms with van der Waals surface area (Å²) in [6.07, 6.45) is 2.21. The molecule has 6 nitrogen and oxygen atoms in total. The van der Waals surface area contributed by atoms with Crippen molar-refractivity contribution in [3.05, 3.63) is 64.9 Å². The fraction of sp³-hybridized carbons (Fsp3) is 0.318. The van der Waals surface area contributed by atoms with Gasteiger partial charge in [-0.15, -0.1) is 15.3 Å². The van der Waals surface area contributed by atoms with E-state index in [1.165, 1.54) is 5.56 Å². The topological polar surface area (TPSA) is 58.4 Å². The van der Waals surface area contributed by atoms with Crippen LogP contribution in [0, 0.1) is 0 Å². The lowest BCUT2D eigenvalue weighted by Crippen LogP contribution is -2.44. The fourth-order valence-electron chi connectivity index (χ4n) is 4.05. The highest BCUT2D eigenvalue weighted by Crippen LogP contribution is 2.24. The number of likely N-dealkylation sites (tertiary alicyclic amines) is 1. The van der Waals surface area contributed by atoms with Crippen LogP contribution in [0.3, 0.4) is 0 Å². The molecule has 3 aromatic heterocycles. The molecule has 1 fully saturated rings. The van der Waals surface area contributed by atoms with Gasteiger partial charge >= 0.3 is 0 Å². The molecule has 4 aromatic rings. The molecular formula is C22H24N6S. The number of fused-ring (bicyclic) bond motifs is 1. The van der Waals surface area contributed by atoms with Crippen molar-refractivity contribution in [2.24, 2.45) is 0 Å². The van der Waals surface area contributed by atoms with Crippen molar-refractivity contribution < 1.29 is 0 Å². The molecule has 29 heavy (non-hydrogen) atoms. The van der Waals surface area contributed by atoms with Gasteiger partial charge in [0.05, 0.1) is 0 Å². The van der Waals surface area contributed by atoms with Crippen LogP contribution in [-0.4, -0.2) is 43.3 Å². The lowest BCUT2D eigenvalue weighted by atomic mass is 9.97. The fourth-order valence-corrected chi connectivity index (χ4v) is 4.69. The molecule has 0 spiro atoms. The largest absolute Gasteiger partial charge is 0.366 e. The monoisotopic (exact) mass is 404 g/mol. The van der Waals surface area contributed by atoms with E-state index in [4.69, 9.17) is 5.10 Å². The highest BCUT2D eigenvalue weighted by atomic mass is 32.1. The van der Waals surface area contributed by atoms with Gasteiger partial charge in [-0.05, 0) is 48.9 Å². The van der Waals surface area contributed by atoms with E-state index >= 15 is 0 Å². The van der Waals surface area contributed by atoms with Crippen LogP contribution in [0.4, 0.5) is 5.82 Å². The Morgan fingerprint density at radius 2 is 2.00 bits per heavy atom. The highest BCUT2D eigenvalue weighted by Gasteiger charge is 2.25. The van der Waals surface area contributed by atoms with E-state index in [9.17, 15) is 0 Å². The van der Waals surface area contributed by atoms with Gasteiger partial charge in [-0.25, -0.2) is 0 Å². The first kappa shape index (κ1) is 18.3. The molecule has 2 atom stereocenters. The van der Waals surface area contributed by atoms with Gasteiger partial charge in [0.2, 0.25) is 0 Å². The molecular weight excluding hydrogens is 380 g/mol. The van der Waals surface area contributed by atoms with Crippen molar-refractivity contribution in [3.8, 4) is 11.4 Å². The zero-order valence-electron chi connectivity index (χ0n) is 16.4. The quantitative estimate of drug-likeness (QED) is 0.537. The molecule has 1 aliphatic rings. The number of benzene rings is 1. The van der Waals surface area contributed by atoms with Crippen LogP contribution in [0.5, 0.6) is 0 Å². The van der Waals surface area contributed by atoms with Crippen molar-refractivity contribution in [2.45, 2.75) is 38.4 Å². The first-order valence-electron chi connectivity index (χ1n) is 10.1. The Hall–Kier alpha value is -2.77. The number of hydrogen-bond donors (Lipinski definition) is 1. The maximum absolute atomic E-state index is 4.77. The minimum absolute atomic E-state index is 0.419. The smallest absolute Gasteiger partial charge is 0.186 e. The van der Waals surface area contributed by atoms with Crippen LogP contribution in [0.15, 0.2) is 59.3 Å². The van der Waals surface area contributed by atoms with Crippen LogP contribution in [0.2, 0.25) is 0 Å². The minimum atomic E-state index is 0.419. The molecule has 0 bridgehead atoms. The summed E-state index contributed by atoms with van der Waals surface area (Å²) in [6, 6.07) is 17.7. The van der Waals surface area contributed by atoms with E-state index in [0.29, 0.717) is 12.1 Å². The first-order chi connectivity index (χ1) is 14.3. The summed E-state index contributed by atoms with van der Waals surface area (Å²) in [5.74, 6) is 1.67. The summed E-state index contributed by atoms with van der Waals surface area (Å²) in [5.41, 5.74) is 3.20. The van der Waals surface area contributed by atoms with E-state index in [1.54, 1.807) is 11.3 Å². The molecule has 0 radical (unpaired) electrons. The average Bonchev–Trinajstić information content (AvgIpc) is 3.40. The minimum Gasteiger partial charge on any atom is -0.366 e. The Kier molecular flexibility index (Phi) is 4.99. The van der Waals surface area contributed by atoms with Crippen LogP contribution >= 0.6 is 11.3 Å². The van der Waals surface area contributed by atoms with Gasteiger partial charge in [-0.1, -0.05) is 30.3 Å². The Balaban J connectivity index is 1.27. The standard InChI is InChI=1S/C22H24N6S/c1-16-13-19(9-11-27(16)14-17-5-3-2-4-6-17)23-20-7-8-21-24-25-22(28(21)26-20)18-10-12-29-15-18/h2-8,10,12,15-16,19H,9,11,13-14H2,1H3,(H,23,26). The number of hydrogen-bond acceptors (Lipinski definition) is 6. The van der Waals surface area contributed by atoms with Crippen LogP contribution in [0.25, 0.3) is 17.0 Å². The molecule has 4 heterocycles. The van der Waals surface area contributed by atoms with Crippen LogP contribution < -0.4 is 5.32 Å². The van der Waals surface area contributed by atoms with Gasteiger partial charge in [-0.2, -0.15) is 15.9 Å². The van der Waals surface area contributed by atoms with Crippen LogP contribution in [-0.2, 0) is 6.54 Å². The molecule has 1 aliphatic heterocycles. The third-order valence-corrected chi connectivity index (χ3v) is 6.32. The van der Waals surface area contributed by atoms with Crippen LogP contribution in [0.1, 0.15) is 25.3 Å².